The lowest BCUT2D eigenvalue weighted by Gasteiger charge is -2.25. The number of nitrogens with zero attached hydrogens (tertiary/aromatic N) is 2. The Hall–Kier alpha value is -3.59. The number of hydrogen-bond acceptors (Lipinski definition) is 7. The molecule has 0 N–H and O–H groups in total. The van der Waals surface area contributed by atoms with Crippen molar-refractivity contribution >= 4 is 46.7 Å². The Kier molecular flexibility index (Phi) is 8.82. The van der Waals surface area contributed by atoms with Crippen molar-refractivity contribution in [3.05, 3.63) is 125 Å². The van der Waals surface area contributed by atoms with Crippen LogP contribution in [0, 0.1) is 0 Å². The van der Waals surface area contributed by atoms with Gasteiger partial charge in [-0.15, -0.1) is 11.8 Å². The topological polar surface area (TPSA) is 69.9 Å². The van der Waals surface area contributed by atoms with E-state index in [1.54, 1.807) is 37.1 Å². The SMILES string of the molecule is CSc1ccc([C@@H]2C(C(=O)OC(C)C)=C(C)N=c3s/c(=C\c4ccc(OCc5cccc(Cl)c5)cc4)c(=O)n32)cc1. The predicted octanol–water partition coefficient (Wildman–Crippen LogP) is 6.14. The van der Waals surface area contributed by atoms with Gasteiger partial charge in [0.1, 0.15) is 12.4 Å². The fraction of sp³-hybridized carbons (Fsp3) is 0.219. The van der Waals surface area contributed by atoms with Crippen LogP contribution in [-0.2, 0) is 16.1 Å². The van der Waals surface area contributed by atoms with Crippen molar-refractivity contribution in [1.29, 1.82) is 0 Å². The number of carbonyl (C=O) groups is 1. The number of allylic oxidation sites excluding steroid dienone is 1. The fourth-order valence-electron chi connectivity index (χ4n) is 4.57. The van der Waals surface area contributed by atoms with Gasteiger partial charge in [0.15, 0.2) is 4.80 Å². The Morgan fingerprint density at radius 2 is 1.85 bits per heavy atom. The van der Waals surface area contributed by atoms with Gasteiger partial charge in [-0.05, 0) is 86.2 Å². The molecule has 4 aromatic rings. The highest BCUT2D eigenvalue weighted by Crippen LogP contribution is 2.32. The van der Waals surface area contributed by atoms with Gasteiger partial charge < -0.3 is 9.47 Å². The molecule has 0 spiro atoms. The maximum absolute atomic E-state index is 13.8. The third-order valence-electron chi connectivity index (χ3n) is 6.49. The molecule has 210 valence electrons. The average molecular weight is 605 g/mol. The second-order valence-corrected chi connectivity index (χ2v) is 12.1. The normalized spacial score (nSPS) is 15.1. The van der Waals surface area contributed by atoms with Crippen molar-refractivity contribution < 1.29 is 14.3 Å². The van der Waals surface area contributed by atoms with E-state index in [0.717, 1.165) is 21.6 Å². The summed E-state index contributed by atoms with van der Waals surface area (Å²) in [5.74, 6) is 0.240. The van der Waals surface area contributed by atoms with Crippen molar-refractivity contribution in [3.8, 4) is 5.75 Å². The molecule has 1 aliphatic heterocycles. The summed E-state index contributed by atoms with van der Waals surface area (Å²) in [4.78, 5) is 33.4. The summed E-state index contributed by atoms with van der Waals surface area (Å²) in [7, 11) is 0. The Bertz CT molecular complexity index is 1790. The molecule has 41 heavy (non-hydrogen) atoms. The summed E-state index contributed by atoms with van der Waals surface area (Å²) >= 11 is 8.99. The number of hydrogen-bond donors (Lipinski definition) is 0. The van der Waals surface area contributed by atoms with Crippen LogP contribution < -0.4 is 19.6 Å². The summed E-state index contributed by atoms with van der Waals surface area (Å²) in [5.41, 5.74) is 3.35. The first-order valence-electron chi connectivity index (χ1n) is 13.1. The third-order valence-corrected chi connectivity index (χ3v) is 8.45. The van der Waals surface area contributed by atoms with Gasteiger partial charge in [0.05, 0.1) is 27.9 Å². The van der Waals surface area contributed by atoms with Crippen molar-refractivity contribution in [1.82, 2.24) is 4.57 Å². The van der Waals surface area contributed by atoms with Gasteiger partial charge in [-0.1, -0.05) is 59.3 Å². The summed E-state index contributed by atoms with van der Waals surface area (Å²) < 4.78 is 13.6. The highest BCUT2D eigenvalue weighted by atomic mass is 35.5. The van der Waals surface area contributed by atoms with Gasteiger partial charge in [-0.25, -0.2) is 9.79 Å². The molecule has 0 amide bonds. The zero-order valence-electron chi connectivity index (χ0n) is 23.1. The summed E-state index contributed by atoms with van der Waals surface area (Å²) in [6.45, 7) is 5.80. The number of ether oxygens (including phenoxy) is 2. The van der Waals surface area contributed by atoms with Crippen LogP contribution in [0.25, 0.3) is 6.08 Å². The highest BCUT2D eigenvalue weighted by Gasteiger charge is 2.33. The zero-order chi connectivity index (χ0) is 29.1. The fourth-order valence-corrected chi connectivity index (χ4v) is 6.23. The Morgan fingerprint density at radius 1 is 1.12 bits per heavy atom. The number of thiazole rings is 1. The maximum Gasteiger partial charge on any atom is 0.338 e. The lowest BCUT2D eigenvalue weighted by atomic mass is 9.96. The third kappa shape index (κ3) is 6.50. The van der Waals surface area contributed by atoms with Crippen LogP contribution >= 0.6 is 34.7 Å². The minimum Gasteiger partial charge on any atom is -0.489 e. The standard InChI is InChI=1S/C32H29ClN2O4S2/c1-19(2)39-31(37)28-20(3)34-32-35(29(28)23-10-14-26(40-4)15-11-23)30(36)27(41-32)17-21-8-12-25(13-9-21)38-18-22-6-5-7-24(33)16-22/h5-17,19,29H,18H2,1-4H3/b27-17-/t29-/m1/s1. The van der Waals surface area contributed by atoms with Crippen LogP contribution in [0.4, 0.5) is 0 Å². The maximum atomic E-state index is 13.8. The van der Waals surface area contributed by atoms with Crippen LogP contribution in [-0.4, -0.2) is 22.9 Å². The first-order valence-corrected chi connectivity index (χ1v) is 15.5. The number of thioether (sulfide) groups is 1. The molecule has 0 saturated heterocycles. The van der Waals surface area contributed by atoms with Crippen LogP contribution in [0.2, 0.25) is 5.02 Å². The van der Waals surface area contributed by atoms with Crippen LogP contribution in [0.1, 0.15) is 43.5 Å². The van der Waals surface area contributed by atoms with E-state index < -0.39 is 12.0 Å². The first-order chi connectivity index (χ1) is 19.7. The average Bonchev–Trinajstić information content (AvgIpc) is 3.25. The minimum atomic E-state index is -0.641. The molecule has 3 aromatic carbocycles. The molecule has 0 fully saturated rings. The van der Waals surface area contributed by atoms with E-state index in [2.05, 4.69) is 4.99 Å². The first kappa shape index (κ1) is 28.9. The van der Waals surface area contributed by atoms with Crippen LogP contribution in [0.3, 0.4) is 0 Å². The van der Waals surface area contributed by atoms with Gasteiger partial charge in [0.25, 0.3) is 5.56 Å². The van der Waals surface area contributed by atoms with Gasteiger partial charge in [-0.3, -0.25) is 9.36 Å². The lowest BCUT2D eigenvalue weighted by Crippen LogP contribution is -2.40. The van der Waals surface area contributed by atoms with E-state index in [0.29, 0.717) is 38.0 Å². The Morgan fingerprint density at radius 3 is 2.51 bits per heavy atom. The largest absolute Gasteiger partial charge is 0.489 e. The number of aromatic nitrogens is 1. The molecule has 9 heteroatoms. The van der Waals surface area contributed by atoms with Crippen molar-refractivity contribution in [3.63, 3.8) is 0 Å². The summed E-state index contributed by atoms with van der Waals surface area (Å²) in [6.07, 6.45) is 3.54. The number of rotatable bonds is 8. The molecular weight excluding hydrogens is 576 g/mol. The van der Waals surface area contributed by atoms with E-state index in [-0.39, 0.29) is 11.7 Å². The van der Waals surface area contributed by atoms with Gasteiger partial charge >= 0.3 is 5.97 Å². The van der Waals surface area contributed by atoms with Crippen molar-refractivity contribution in [2.24, 2.45) is 4.99 Å². The zero-order valence-corrected chi connectivity index (χ0v) is 25.5. The quantitative estimate of drug-likeness (QED) is 0.178. The van der Waals surface area contributed by atoms with Crippen molar-refractivity contribution in [2.75, 3.05) is 6.26 Å². The molecule has 0 bridgehead atoms. The summed E-state index contributed by atoms with van der Waals surface area (Å²) in [6, 6.07) is 22.3. The molecule has 2 heterocycles. The monoisotopic (exact) mass is 604 g/mol. The number of carbonyl (C=O) groups excluding carboxylic acids is 1. The van der Waals surface area contributed by atoms with Gasteiger partial charge in [-0.2, -0.15) is 0 Å². The number of esters is 1. The molecule has 0 aliphatic carbocycles. The number of fused-ring (bicyclic) bond motifs is 1. The molecule has 0 saturated carbocycles. The van der Waals surface area contributed by atoms with Crippen LogP contribution in [0.5, 0.6) is 5.75 Å². The van der Waals surface area contributed by atoms with Crippen molar-refractivity contribution in [2.45, 2.75) is 44.4 Å². The molecule has 1 aromatic heterocycles. The van der Waals surface area contributed by atoms with E-state index in [9.17, 15) is 9.59 Å². The van der Waals surface area contributed by atoms with E-state index >= 15 is 0 Å². The molecular formula is C32H29ClN2O4S2. The lowest BCUT2D eigenvalue weighted by molar-refractivity contribution is -0.143. The van der Waals surface area contributed by atoms with E-state index in [1.807, 2.05) is 85.1 Å². The summed E-state index contributed by atoms with van der Waals surface area (Å²) in [5, 5.41) is 0.668. The molecule has 5 rings (SSSR count). The molecule has 1 atom stereocenters. The predicted molar refractivity (Wildman–Crippen MR) is 165 cm³/mol. The molecule has 0 unspecified atom stereocenters. The molecule has 6 nitrogen and oxygen atoms in total. The minimum absolute atomic E-state index is 0.212. The molecule has 0 radical (unpaired) electrons. The van der Waals surface area contributed by atoms with Gasteiger partial charge in [0, 0.05) is 9.92 Å². The Labute approximate surface area is 251 Å². The second kappa shape index (κ2) is 12.5. The number of benzene rings is 3. The smallest absolute Gasteiger partial charge is 0.338 e. The highest BCUT2D eigenvalue weighted by molar-refractivity contribution is 7.98. The number of halogens is 1. The van der Waals surface area contributed by atoms with E-state index in [1.165, 1.54) is 11.3 Å². The Balaban J connectivity index is 1.50. The molecule has 1 aliphatic rings. The van der Waals surface area contributed by atoms with E-state index in [4.69, 9.17) is 21.1 Å². The van der Waals surface area contributed by atoms with Crippen LogP contribution in [0.15, 0.2) is 98.7 Å². The second-order valence-electron chi connectivity index (χ2n) is 9.80. The van der Waals surface area contributed by atoms with Gasteiger partial charge in [0.2, 0.25) is 0 Å².